The van der Waals surface area contributed by atoms with Gasteiger partial charge in [0.1, 0.15) is 5.82 Å². The Hall–Kier alpha value is -2.65. The van der Waals surface area contributed by atoms with Crippen molar-refractivity contribution in [3.05, 3.63) is 48.0 Å². The van der Waals surface area contributed by atoms with Gasteiger partial charge in [0, 0.05) is 58.0 Å². The molecule has 2 aromatic heterocycles. The first-order chi connectivity index (χ1) is 16.9. The highest BCUT2D eigenvalue weighted by molar-refractivity contribution is 7.89. The quantitative estimate of drug-likeness (QED) is 0.473. The largest absolute Gasteiger partial charge is 0.353 e. The van der Waals surface area contributed by atoms with E-state index in [1.54, 1.807) is 16.4 Å². The molecule has 5 rings (SSSR count). The number of aryl methyl sites for hydroxylation is 3. The number of benzene rings is 1. The highest BCUT2D eigenvalue weighted by Gasteiger charge is 2.31. The fourth-order valence-electron chi connectivity index (χ4n) is 5.62. The summed E-state index contributed by atoms with van der Waals surface area (Å²) in [4.78, 5) is 20.4. The summed E-state index contributed by atoms with van der Waals surface area (Å²) in [6.07, 6.45) is 7.73. The van der Waals surface area contributed by atoms with E-state index < -0.39 is 10.0 Å². The number of fused-ring (bicyclic) bond motifs is 1. The number of sulfonamides is 1. The van der Waals surface area contributed by atoms with E-state index in [-0.39, 0.29) is 11.9 Å². The molecule has 2 fully saturated rings. The van der Waals surface area contributed by atoms with E-state index in [2.05, 4.69) is 22.1 Å². The summed E-state index contributed by atoms with van der Waals surface area (Å²) in [6, 6.07) is 9.54. The second kappa shape index (κ2) is 9.78. The van der Waals surface area contributed by atoms with Gasteiger partial charge in [-0.1, -0.05) is 6.92 Å². The van der Waals surface area contributed by atoms with Gasteiger partial charge in [-0.05, 0) is 62.4 Å². The lowest BCUT2D eigenvalue weighted by atomic mass is 10.1. The standard InChI is InChI=1S/C26H35N5O3S/c1-3-14-30-22-11-10-20(35(33,34)29-16-4-5-17-29)19-21(22)27-25(30)12-13-26(32)31-18-7-9-24(31)23-8-6-15-28(23)2/h6,8,10-11,15,19,24H,3-5,7,9,12-14,16-18H2,1-2H3/t24-/m0/s1. The third kappa shape index (κ3) is 4.51. The molecule has 35 heavy (non-hydrogen) atoms. The third-order valence-corrected chi connectivity index (χ3v) is 9.30. The molecule has 2 saturated heterocycles. The van der Waals surface area contributed by atoms with Crippen molar-refractivity contribution < 1.29 is 13.2 Å². The molecule has 1 atom stereocenters. The molecule has 188 valence electrons. The molecule has 0 saturated carbocycles. The van der Waals surface area contributed by atoms with Gasteiger partial charge in [-0.25, -0.2) is 13.4 Å². The molecule has 0 bridgehead atoms. The summed E-state index contributed by atoms with van der Waals surface area (Å²) in [5, 5.41) is 0. The molecular formula is C26H35N5O3S. The minimum Gasteiger partial charge on any atom is -0.353 e. The summed E-state index contributed by atoms with van der Waals surface area (Å²) >= 11 is 0. The topological polar surface area (TPSA) is 80.4 Å². The van der Waals surface area contributed by atoms with Gasteiger partial charge in [-0.3, -0.25) is 4.79 Å². The summed E-state index contributed by atoms with van der Waals surface area (Å²) in [6.45, 7) is 4.85. The second-order valence-electron chi connectivity index (χ2n) is 9.73. The van der Waals surface area contributed by atoms with Crippen LogP contribution in [0.25, 0.3) is 11.0 Å². The lowest BCUT2D eigenvalue weighted by Gasteiger charge is -2.25. The number of hydrogen-bond donors (Lipinski definition) is 0. The summed E-state index contributed by atoms with van der Waals surface area (Å²) in [7, 11) is -1.46. The zero-order valence-corrected chi connectivity index (χ0v) is 21.5. The fraction of sp³-hybridized carbons (Fsp3) is 0.538. The number of likely N-dealkylation sites (tertiary alicyclic amines) is 1. The number of amides is 1. The molecule has 2 aliphatic rings. The smallest absolute Gasteiger partial charge is 0.243 e. The first kappa shape index (κ1) is 24.1. The molecule has 9 heteroatoms. The number of carbonyl (C=O) groups is 1. The van der Waals surface area contributed by atoms with Crippen LogP contribution in [0.5, 0.6) is 0 Å². The van der Waals surface area contributed by atoms with Crippen LogP contribution in [0.2, 0.25) is 0 Å². The van der Waals surface area contributed by atoms with Gasteiger partial charge in [0.25, 0.3) is 0 Å². The van der Waals surface area contributed by atoms with E-state index >= 15 is 0 Å². The number of carbonyl (C=O) groups excluding carboxylic acids is 1. The lowest BCUT2D eigenvalue weighted by molar-refractivity contribution is -0.132. The van der Waals surface area contributed by atoms with Crippen molar-refractivity contribution in [1.29, 1.82) is 0 Å². The number of hydrogen-bond acceptors (Lipinski definition) is 4. The molecule has 0 radical (unpaired) electrons. The maximum absolute atomic E-state index is 13.2. The van der Waals surface area contributed by atoms with Gasteiger partial charge in [0.05, 0.1) is 22.0 Å². The van der Waals surface area contributed by atoms with Crippen LogP contribution in [0.1, 0.15) is 63.0 Å². The molecule has 3 aromatic rings. The van der Waals surface area contributed by atoms with Crippen LogP contribution in [0.4, 0.5) is 0 Å². The van der Waals surface area contributed by atoms with E-state index in [4.69, 9.17) is 4.98 Å². The van der Waals surface area contributed by atoms with Crippen molar-refractivity contribution in [3.63, 3.8) is 0 Å². The molecule has 8 nitrogen and oxygen atoms in total. The third-order valence-electron chi connectivity index (χ3n) is 7.41. The maximum atomic E-state index is 13.2. The Morgan fingerprint density at radius 2 is 1.91 bits per heavy atom. The van der Waals surface area contributed by atoms with E-state index in [1.165, 1.54) is 5.69 Å². The fourth-order valence-corrected chi connectivity index (χ4v) is 7.15. The first-order valence-corrected chi connectivity index (χ1v) is 14.2. The predicted molar refractivity (Wildman–Crippen MR) is 135 cm³/mol. The molecule has 0 aliphatic carbocycles. The van der Waals surface area contributed by atoms with Gasteiger partial charge < -0.3 is 14.0 Å². The van der Waals surface area contributed by atoms with Crippen molar-refractivity contribution in [2.24, 2.45) is 7.05 Å². The summed E-state index contributed by atoms with van der Waals surface area (Å²) in [5.41, 5.74) is 2.79. The normalized spacial score (nSPS) is 19.3. The molecule has 0 N–H and O–H groups in total. The Morgan fingerprint density at radius 1 is 1.11 bits per heavy atom. The molecule has 0 spiro atoms. The molecular weight excluding hydrogens is 462 g/mol. The Labute approximate surface area is 207 Å². The average Bonchev–Trinajstić information content (AvgIpc) is 3.64. The van der Waals surface area contributed by atoms with Crippen molar-refractivity contribution >= 4 is 27.0 Å². The zero-order valence-electron chi connectivity index (χ0n) is 20.7. The Bertz CT molecular complexity index is 1320. The number of nitrogens with zero attached hydrogens (tertiary/aromatic N) is 5. The Kier molecular flexibility index (Phi) is 6.72. The molecule has 4 heterocycles. The average molecular weight is 498 g/mol. The van der Waals surface area contributed by atoms with Crippen LogP contribution in [0.15, 0.2) is 41.4 Å². The number of imidazole rings is 1. The summed E-state index contributed by atoms with van der Waals surface area (Å²) in [5.74, 6) is 1.00. The summed E-state index contributed by atoms with van der Waals surface area (Å²) < 4.78 is 31.9. The molecule has 1 amide bonds. The van der Waals surface area contributed by atoms with Crippen LogP contribution >= 0.6 is 0 Å². The zero-order chi connectivity index (χ0) is 24.6. The van der Waals surface area contributed by atoms with Crippen LogP contribution < -0.4 is 0 Å². The molecule has 2 aliphatic heterocycles. The van der Waals surface area contributed by atoms with Gasteiger partial charge >= 0.3 is 0 Å². The van der Waals surface area contributed by atoms with Gasteiger partial charge in [0.15, 0.2) is 0 Å². The van der Waals surface area contributed by atoms with E-state index in [1.807, 2.05) is 30.3 Å². The minimum absolute atomic E-state index is 0.135. The molecule has 1 aromatic carbocycles. The monoisotopic (exact) mass is 497 g/mol. The SMILES string of the molecule is CCCn1c(CCC(=O)N2CCC[C@H]2c2cccn2C)nc2cc(S(=O)(=O)N3CCCC3)ccc21. The van der Waals surface area contributed by atoms with Gasteiger partial charge in [-0.15, -0.1) is 0 Å². The highest BCUT2D eigenvalue weighted by Crippen LogP contribution is 2.33. The van der Waals surface area contributed by atoms with Crippen LogP contribution in [0, 0.1) is 0 Å². The van der Waals surface area contributed by atoms with E-state index in [0.29, 0.717) is 36.3 Å². The number of rotatable bonds is 8. The number of aromatic nitrogens is 3. The van der Waals surface area contributed by atoms with Crippen LogP contribution in [0.3, 0.4) is 0 Å². The van der Waals surface area contributed by atoms with E-state index in [0.717, 1.165) is 56.5 Å². The van der Waals surface area contributed by atoms with E-state index in [9.17, 15) is 13.2 Å². The Morgan fingerprint density at radius 3 is 2.63 bits per heavy atom. The van der Waals surface area contributed by atoms with Crippen LogP contribution in [-0.2, 0) is 34.8 Å². The van der Waals surface area contributed by atoms with Crippen molar-refractivity contribution in [3.8, 4) is 0 Å². The van der Waals surface area contributed by atoms with Crippen molar-refractivity contribution in [2.45, 2.75) is 69.4 Å². The van der Waals surface area contributed by atoms with Crippen molar-refractivity contribution in [2.75, 3.05) is 19.6 Å². The lowest BCUT2D eigenvalue weighted by Crippen LogP contribution is -2.31. The maximum Gasteiger partial charge on any atom is 0.243 e. The first-order valence-electron chi connectivity index (χ1n) is 12.8. The molecule has 0 unspecified atom stereocenters. The minimum atomic E-state index is -3.49. The van der Waals surface area contributed by atoms with Gasteiger partial charge in [-0.2, -0.15) is 4.31 Å². The highest BCUT2D eigenvalue weighted by atomic mass is 32.2. The van der Waals surface area contributed by atoms with Crippen molar-refractivity contribution in [1.82, 2.24) is 23.3 Å². The second-order valence-corrected chi connectivity index (χ2v) is 11.7. The Balaban J connectivity index is 1.37. The van der Waals surface area contributed by atoms with Gasteiger partial charge in [0.2, 0.25) is 15.9 Å². The van der Waals surface area contributed by atoms with Crippen LogP contribution in [-0.4, -0.2) is 57.3 Å². The predicted octanol–water partition coefficient (Wildman–Crippen LogP) is 3.87.